The van der Waals surface area contributed by atoms with Gasteiger partial charge in [-0.3, -0.25) is 4.68 Å². The summed E-state index contributed by atoms with van der Waals surface area (Å²) in [5.74, 6) is 2.01. The van der Waals surface area contributed by atoms with Gasteiger partial charge in [-0.05, 0) is 30.3 Å². The minimum absolute atomic E-state index is 0.172. The number of nitriles is 1. The van der Waals surface area contributed by atoms with Crippen LogP contribution < -0.4 is 19.7 Å². The number of amides is 2. The molecule has 2 aromatic carbocycles. The minimum atomic E-state index is -0.172. The summed E-state index contributed by atoms with van der Waals surface area (Å²) in [4.78, 5) is 25.7. The number of aryl methyl sites for hydroxylation is 1. The van der Waals surface area contributed by atoms with Crippen molar-refractivity contribution in [2.45, 2.75) is 13.0 Å². The summed E-state index contributed by atoms with van der Waals surface area (Å²) in [5.41, 5.74) is 1.96. The molecule has 4 aromatic rings. The highest BCUT2D eigenvalue weighted by Gasteiger charge is 2.24. The van der Waals surface area contributed by atoms with Crippen LogP contribution in [0.5, 0.6) is 11.5 Å². The molecule has 1 fully saturated rings. The molecular formula is C26H27N9O3. The first-order valence-electron chi connectivity index (χ1n) is 12.3. The van der Waals surface area contributed by atoms with Crippen LogP contribution in [0.25, 0.3) is 10.9 Å². The normalized spacial score (nSPS) is 13.3. The van der Waals surface area contributed by atoms with Gasteiger partial charge in [-0.15, -0.1) is 5.10 Å². The Kier molecular flexibility index (Phi) is 7.44. The molecule has 2 amide bonds. The first kappa shape index (κ1) is 24.8. The molecule has 0 spiro atoms. The maximum absolute atomic E-state index is 12.7. The van der Waals surface area contributed by atoms with Crippen molar-refractivity contribution in [3.05, 3.63) is 60.7 Å². The molecule has 3 heterocycles. The van der Waals surface area contributed by atoms with E-state index in [1.54, 1.807) is 53.5 Å². The summed E-state index contributed by atoms with van der Waals surface area (Å²) in [6, 6.07) is 12.5. The number of benzene rings is 2. The Labute approximate surface area is 219 Å². The van der Waals surface area contributed by atoms with Crippen LogP contribution >= 0.6 is 0 Å². The van der Waals surface area contributed by atoms with Gasteiger partial charge in [0.15, 0.2) is 11.5 Å². The summed E-state index contributed by atoms with van der Waals surface area (Å²) in [6.45, 7) is 3.52. The molecule has 5 rings (SSSR count). The topological polar surface area (TPSA) is 134 Å². The van der Waals surface area contributed by atoms with E-state index in [-0.39, 0.29) is 6.03 Å². The molecule has 0 radical (unpaired) electrons. The monoisotopic (exact) mass is 513 g/mol. The lowest BCUT2D eigenvalue weighted by atomic mass is 10.2. The Bertz CT molecular complexity index is 1430. The van der Waals surface area contributed by atoms with Gasteiger partial charge >= 0.3 is 6.03 Å². The van der Waals surface area contributed by atoms with E-state index in [9.17, 15) is 4.79 Å². The van der Waals surface area contributed by atoms with Gasteiger partial charge in [-0.25, -0.2) is 14.8 Å². The van der Waals surface area contributed by atoms with Crippen molar-refractivity contribution in [3.63, 3.8) is 0 Å². The lowest BCUT2D eigenvalue weighted by Gasteiger charge is -2.35. The van der Waals surface area contributed by atoms with Gasteiger partial charge in [0.1, 0.15) is 12.1 Å². The average Bonchev–Trinajstić information content (AvgIpc) is 3.48. The lowest BCUT2D eigenvalue weighted by molar-refractivity contribution is 0.208. The molecule has 12 nitrogen and oxygen atoms in total. The number of carbonyl (C=O) groups excluding carboxylic acids is 1. The van der Waals surface area contributed by atoms with Crippen molar-refractivity contribution < 1.29 is 14.3 Å². The smallest absolute Gasteiger partial charge is 0.321 e. The van der Waals surface area contributed by atoms with E-state index in [1.807, 2.05) is 18.3 Å². The van der Waals surface area contributed by atoms with Crippen molar-refractivity contribution in [1.82, 2.24) is 29.9 Å². The van der Waals surface area contributed by atoms with Crippen LogP contribution in [0.15, 0.2) is 55.1 Å². The lowest BCUT2D eigenvalue weighted by Crippen LogP contribution is -2.50. The number of aromatic nitrogens is 5. The predicted molar refractivity (Wildman–Crippen MR) is 140 cm³/mol. The Hall–Kier alpha value is -4.92. The number of ether oxygens (including phenoxy) is 2. The molecule has 0 bridgehead atoms. The molecule has 0 saturated carbocycles. The van der Waals surface area contributed by atoms with Crippen molar-refractivity contribution in [2.75, 3.05) is 50.1 Å². The Balaban J connectivity index is 1.23. The fraction of sp³-hybridized carbons (Fsp3) is 0.308. The van der Waals surface area contributed by atoms with Crippen molar-refractivity contribution in [3.8, 4) is 17.6 Å². The molecular weight excluding hydrogens is 486 g/mol. The molecule has 0 atom stereocenters. The van der Waals surface area contributed by atoms with Crippen molar-refractivity contribution in [1.29, 1.82) is 5.26 Å². The number of carbonyl (C=O) groups is 1. The number of urea groups is 1. The van der Waals surface area contributed by atoms with Gasteiger partial charge < -0.3 is 24.6 Å². The van der Waals surface area contributed by atoms with Crippen LogP contribution in [0, 0.1) is 11.3 Å². The molecule has 0 unspecified atom stereocenters. The number of piperazine rings is 1. The second-order valence-corrected chi connectivity index (χ2v) is 8.68. The number of fused-ring (bicyclic) bond motifs is 1. The fourth-order valence-electron chi connectivity index (χ4n) is 4.29. The predicted octanol–water partition coefficient (Wildman–Crippen LogP) is 2.92. The summed E-state index contributed by atoms with van der Waals surface area (Å²) in [7, 11) is 1.61. The van der Waals surface area contributed by atoms with Crippen molar-refractivity contribution in [2.24, 2.45) is 0 Å². The first-order chi connectivity index (χ1) is 18.6. The molecule has 194 valence electrons. The van der Waals surface area contributed by atoms with Crippen molar-refractivity contribution >= 4 is 28.4 Å². The largest absolute Gasteiger partial charge is 0.493 e. The highest BCUT2D eigenvalue weighted by atomic mass is 16.5. The van der Waals surface area contributed by atoms with Crippen LogP contribution in [-0.4, -0.2) is 75.8 Å². The third-order valence-electron chi connectivity index (χ3n) is 6.29. The first-order valence-corrected chi connectivity index (χ1v) is 12.3. The number of nitrogens with one attached hydrogen (secondary N) is 1. The van der Waals surface area contributed by atoms with Gasteiger partial charge in [-0.1, -0.05) is 5.21 Å². The highest BCUT2D eigenvalue weighted by Crippen LogP contribution is 2.35. The molecule has 1 aliphatic rings. The van der Waals surface area contributed by atoms with Gasteiger partial charge in [0.05, 0.1) is 37.1 Å². The zero-order valence-electron chi connectivity index (χ0n) is 20.9. The molecule has 1 N–H and O–H groups in total. The van der Waals surface area contributed by atoms with E-state index in [0.717, 1.165) is 23.1 Å². The highest BCUT2D eigenvalue weighted by molar-refractivity contribution is 5.92. The Morgan fingerprint density at radius 2 is 1.92 bits per heavy atom. The zero-order valence-corrected chi connectivity index (χ0v) is 20.9. The molecule has 38 heavy (non-hydrogen) atoms. The minimum Gasteiger partial charge on any atom is -0.493 e. The number of anilines is 2. The second-order valence-electron chi connectivity index (χ2n) is 8.68. The molecule has 0 aliphatic carbocycles. The molecule has 2 aromatic heterocycles. The second kappa shape index (κ2) is 11.4. The quantitative estimate of drug-likeness (QED) is 0.353. The average molecular weight is 514 g/mol. The van der Waals surface area contributed by atoms with E-state index in [1.165, 1.54) is 0 Å². The Morgan fingerprint density at radius 1 is 1.11 bits per heavy atom. The van der Waals surface area contributed by atoms with Gasteiger partial charge in [-0.2, -0.15) is 5.26 Å². The summed E-state index contributed by atoms with van der Waals surface area (Å²) in [6.07, 6.45) is 5.78. The fourth-order valence-corrected chi connectivity index (χ4v) is 4.29. The van der Waals surface area contributed by atoms with E-state index in [0.29, 0.717) is 62.1 Å². The maximum atomic E-state index is 12.7. The van der Waals surface area contributed by atoms with Crippen LogP contribution in [-0.2, 0) is 6.54 Å². The van der Waals surface area contributed by atoms with Crippen LogP contribution in [0.2, 0.25) is 0 Å². The summed E-state index contributed by atoms with van der Waals surface area (Å²) < 4.78 is 13.4. The molecule has 12 heteroatoms. The molecule has 1 saturated heterocycles. The van der Waals surface area contributed by atoms with Crippen LogP contribution in [0.4, 0.5) is 16.3 Å². The number of rotatable bonds is 8. The van der Waals surface area contributed by atoms with Crippen LogP contribution in [0.1, 0.15) is 12.0 Å². The van der Waals surface area contributed by atoms with Gasteiger partial charge in [0, 0.05) is 62.5 Å². The summed E-state index contributed by atoms with van der Waals surface area (Å²) >= 11 is 0. The van der Waals surface area contributed by atoms with E-state index in [4.69, 9.17) is 14.7 Å². The van der Waals surface area contributed by atoms with E-state index in [2.05, 4.69) is 36.6 Å². The maximum Gasteiger partial charge on any atom is 0.321 e. The number of hydrogen-bond acceptors (Lipinski definition) is 9. The number of nitrogens with zero attached hydrogens (tertiary/aromatic N) is 8. The number of hydrogen-bond donors (Lipinski definition) is 1. The Morgan fingerprint density at radius 3 is 2.63 bits per heavy atom. The summed E-state index contributed by atoms with van der Waals surface area (Å²) in [5, 5.41) is 20.5. The standard InChI is InChI=1S/C26H27N9O3/c1-37-23-15-21-22(16-24(23)38-14-2-8-35-9-7-30-32-35)28-18-29-25(21)33-10-12-34(13-11-33)26(36)31-20-5-3-19(17-27)4-6-20/h3-7,9,15-16,18H,2,8,10-14H2,1H3,(H,31,36). The molecule has 1 aliphatic heterocycles. The van der Waals surface area contributed by atoms with Gasteiger partial charge in [0.25, 0.3) is 0 Å². The van der Waals surface area contributed by atoms with Crippen LogP contribution in [0.3, 0.4) is 0 Å². The zero-order chi connectivity index (χ0) is 26.3. The van der Waals surface area contributed by atoms with E-state index < -0.39 is 0 Å². The third kappa shape index (κ3) is 5.57. The SMILES string of the molecule is COc1cc2c(N3CCN(C(=O)Nc4ccc(C#N)cc4)CC3)ncnc2cc1OCCCn1ccnn1. The van der Waals surface area contributed by atoms with E-state index >= 15 is 0 Å². The van der Waals surface area contributed by atoms with Gasteiger partial charge in [0.2, 0.25) is 0 Å². The third-order valence-corrected chi connectivity index (χ3v) is 6.29. The number of methoxy groups -OCH3 is 1.